The van der Waals surface area contributed by atoms with Crippen LogP contribution >= 0.6 is 11.6 Å². The lowest BCUT2D eigenvalue weighted by molar-refractivity contribution is -0.115. The monoisotopic (exact) mass is 520 g/mol. The van der Waals surface area contributed by atoms with Crippen LogP contribution in [0.3, 0.4) is 0 Å². The maximum absolute atomic E-state index is 12.9. The van der Waals surface area contributed by atoms with Gasteiger partial charge in [0.25, 0.3) is 10.0 Å². The molecule has 11 heteroatoms. The fourth-order valence-electron chi connectivity index (χ4n) is 3.32. The van der Waals surface area contributed by atoms with Crippen molar-refractivity contribution in [2.24, 2.45) is 0 Å². The van der Waals surface area contributed by atoms with Gasteiger partial charge in [-0.2, -0.15) is 0 Å². The number of carbonyl (C=O) groups excluding carboxylic acids is 1. The quantitative estimate of drug-likeness (QED) is 0.408. The molecule has 0 radical (unpaired) electrons. The number of carbonyl (C=O) groups is 1. The fourth-order valence-corrected chi connectivity index (χ4v) is 4.66. The van der Waals surface area contributed by atoms with Crippen molar-refractivity contribution in [3.63, 3.8) is 0 Å². The molecule has 0 aliphatic rings. The first kappa shape index (κ1) is 26.0. The summed E-state index contributed by atoms with van der Waals surface area (Å²) in [5, 5.41) is 2.96. The number of para-hydroxylation sites is 1. The van der Waals surface area contributed by atoms with Gasteiger partial charge in [-0.15, -0.1) is 0 Å². The molecular weight excluding hydrogens is 496 g/mol. The first-order valence-corrected chi connectivity index (χ1v) is 12.1. The molecule has 3 rings (SSSR count). The molecule has 186 valence electrons. The van der Waals surface area contributed by atoms with E-state index in [9.17, 15) is 13.2 Å². The molecule has 9 nitrogen and oxygen atoms in total. The summed E-state index contributed by atoms with van der Waals surface area (Å²) in [6.45, 7) is 0. The lowest BCUT2D eigenvalue weighted by atomic mass is 10.1. The van der Waals surface area contributed by atoms with Crippen molar-refractivity contribution in [2.45, 2.75) is 11.3 Å². The third-order valence-corrected chi connectivity index (χ3v) is 6.66. The SMILES string of the molecule is COc1ccc(S(=O)(=O)Nc2ccccc2Cl)cc1NC(=O)Cc1cc(OC)c(OC)c(OC)c1. The molecule has 3 aromatic rings. The molecule has 0 bridgehead atoms. The van der Waals surface area contributed by atoms with Crippen molar-refractivity contribution < 1.29 is 32.2 Å². The van der Waals surface area contributed by atoms with Crippen LogP contribution < -0.4 is 29.0 Å². The molecule has 0 aliphatic heterocycles. The third kappa shape index (κ3) is 6.09. The molecule has 0 saturated heterocycles. The van der Waals surface area contributed by atoms with Gasteiger partial charge < -0.3 is 24.3 Å². The minimum atomic E-state index is -3.99. The number of sulfonamides is 1. The third-order valence-electron chi connectivity index (χ3n) is 4.96. The van der Waals surface area contributed by atoms with Crippen molar-refractivity contribution in [3.05, 3.63) is 65.2 Å². The lowest BCUT2D eigenvalue weighted by Crippen LogP contribution is -2.17. The molecule has 3 aromatic carbocycles. The van der Waals surface area contributed by atoms with Gasteiger partial charge in [0.15, 0.2) is 11.5 Å². The predicted molar refractivity (Wildman–Crippen MR) is 134 cm³/mol. The number of benzene rings is 3. The number of hydrogen-bond acceptors (Lipinski definition) is 7. The molecule has 1 amide bonds. The van der Waals surface area contributed by atoms with E-state index in [1.165, 1.54) is 46.6 Å². The summed E-state index contributed by atoms with van der Waals surface area (Å²) in [5.74, 6) is 1.10. The zero-order valence-corrected chi connectivity index (χ0v) is 21.1. The van der Waals surface area contributed by atoms with Crippen LogP contribution in [0.25, 0.3) is 0 Å². The van der Waals surface area contributed by atoms with E-state index < -0.39 is 15.9 Å². The highest BCUT2D eigenvalue weighted by atomic mass is 35.5. The summed E-state index contributed by atoms with van der Waals surface area (Å²) >= 11 is 6.08. The maximum Gasteiger partial charge on any atom is 0.262 e. The number of methoxy groups -OCH3 is 4. The molecule has 2 N–H and O–H groups in total. The molecule has 0 aromatic heterocycles. The summed E-state index contributed by atoms with van der Waals surface area (Å²) in [6, 6.07) is 13.9. The zero-order valence-electron chi connectivity index (χ0n) is 19.5. The minimum Gasteiger partial charge on any atom is -0.495 e. The van der Waals surface area contributed by atoms with Crippen LogP contribution in [0, 0.1) is 0 Å². The van der Waals surface area contributed by atoms with E-state index in [1.54, 1.807) is 36.4 Å². The van der Waals surface area contributed by atoms with Crippen LogP contribution in [-0.2, 0) is 21.2 Å². The largest absolute Gasteiger partial charge is 0.495 e. The van der Waals surface area contributed by atoms with Gasteiger partial charge in [-0.05, 0) is 48.0 Å². The average Bonchev–Trinajstić information content (AvgIpc) is 2.84. The lowest BCUT2D eigenvalue weighted by Gasteiger charge is -2.15. The summed E-state index contributed by atoms with van der Waals surface area (Å²) in [5.41, 5.74) is 1.02. The minimum absolute atomic E-state index is 0.0469. The van der Waals surface area contributed by atoms with E-state index in [0.717, 1.165) is 0 Å². The Hall–Kier alpha value is -3.63. The van der Waals surface area contributed by atoms with Gasteiger partial charge in [-0.3, -0.25) is 9.52 Å². The van der Waals surface area contributed by atoms with Gasteiger partial charge in [0.2, 0.25) is 11.7 Å². The molecule has 35 heavy (non-hydrogen) atoms. The number of hydrogen-bond donors (Lipinski definition) is 2. The van der Waals surface area contributed by atoms with Gasteiger partial charge in [-0.25, -0.2) is 8.42 Å². The first-order chi connectivity index (χ1) is 16.7. The van der Waals surface area contributed by atoms with Crippen LogP contribution in [-0.4, -0.2) is 42.8 Å². The molecule has 0 unspecified atom stereocenters. The highest BCUT2D eigenvalue weighted by molar-refractivity contribution is 7.92. The van der Waals surface area contributed by atoms with Gasteiger partial charge in [-0.1, -0.05) is 23.7 Å². The highest BCUT2D eigenvalue weighted by Crippen LogP contribution is 2.38. The molecule has 0 aliphatic carbocycles. The second-order valence-electron chi connectivity index (χ2n) is 7.21. The summed E-state index contributed by atoms with van der Waals surface area (Å²) in [6.07, 6.45) is -0.0469. The van der Waals surface area contributed by atoms with E-state index in [2.05, 4.69) is 10.0 Å². The second-order valence-corrected chi connectivity index (χ2v) is 9.30. The molecular formula is C24H25ClN2O7S. The average molecular weight is 521 g/mol. The fraction of sp³-hybridized carbons (Fsp3) is 0.208. The van der Waals surface area contributed by atoms with E-state index in [1.807, 2.05) is 0 Å². The molecule has 0 saturated carbocycles. The van der Waals surface area contributed by atoms with Crippen molar-refractivity contribution in [1.82, 2.24) is 0 Å². The molecule has 0 fully saturated rings. The smallest absolute Gasteiger partial charge is 0.262 e. The van der Waals surface area contributed by atoms with Crippen molar-refractivity contribution >= 4 is 38.9 Å². The van der Waals surface area contributed by atoms with Crippen molar-refractivity contribution in [1.29, 1.82) is 0 Å². The number of amides is 1. The van der Waals surface area contributed by atoms with Gasteiger partial charge >= 0.3 is 0 Å². The Balaban J connectivity index is 1.86. The van der Waals surface area contributed by atoms with Crippen LogP contribution in [0.15, 0.2) is 59.5 Å². The molecule has 0 spiro atoms. The van der Waals surface area contributed by atoms with Crippen LogP contribution in [0.4, 0.5) is 11.4 Å². The van der Waals surface area contributed by atoms with Gasteiger partial charge in [0, 0.05) is 0 Å². The Morgan fingerprint density at radius 3 is 2.03 bits per heavy atom. The molecule has 0 atom stereocenters. The summed E-state index contributed by atoms with van der Waals surface area (Å²) in [7, 11) is 1.87. The Labute approximate surface area is 209 Å². The number of anilines is 2. The van der Waals surface area contributed by atoms with E-state index in [4.69, 9.17) is 30.5 Å². The Kier molecular flexibility index (Phi) is 8.31. The summed E-state index contributed by atoms with van der Waals surface area (Å²) in [4.78, 5) is 12.8. The van der Waals surface area contributed by atoms with Crippen LogP contribution in [0.1, 0.15) is 5.56 Å². The number of nitrogens with one attached hydrogen (secondary N) is 2. The van der Waals surface area contributed by atoms with Crippen LogP contribution in [0.5, 0.6) is 23.0 Å². The van der Waals surface area contributed by atoms with E-state index >= 15 is 0 Å². The second kappa shape index (κ2) is 11.2. The standard InChI is InChI=1S/C24H25ClN2O7S/c1-31-20-10-9-16(35(29,30)27-18-8-6-5-7-17(18)25)14-19(20)26-23(28)13-15-11-21(32-2)24(34-4)22(12-15)33-3/h5-12,14,27H,13H2,1-4H3,(H,26,28). The van der Waals surface area contributed by atoms with E-state index in [-0.39, 0.29) is 27.7 Å². The van der Waals surface area contributed by atoms with Crippen molar-refractivity contribution in [2.75, 3.05) is 38.5 Å². The first-order valence-electron chi connectivity index (χ1n) is 10.3. The van der Waals surface area contributed by atoms with Gasteiger partial charge in [0.05, 0.1) is 56.2 Å². The van der Waals surface area contributed by atoms with Crippen molar-refractivity contribution in [3.8, 4) is 23.0 Å². The van der Waals surface area contributed by atoms with Gasteiger partial charge in [0.1, 0.15) is 5.75 Å². The Bertz CT molecular complexity index is 1300. The molecule has 0 heterocycles. The summed E-state index contributed by atoms with van der Waals surface area (Å²) < 4.78 is 49.5. The topological polar surface area (TPSA) is 112 Å². The normalized spacial score (nSPS) is 10.9. The Morgan fingerprint density at radius 1 is 0.829 bits per heavy atom. The Morgan fingerprint density at radius 2 is 1.46 bits per heavy atom. The highest BCUT2D eigenvalue weighted by Gasteiger charge is 2.20. The predicted octanol–water partition coefficient (Wildman–Crippen LogP) is 4.36. The van der Waals surface area contributed by atoms with Crippen LogP contribution in [0.2, 0.25) is 5.02 Å². The maximum atomic E-state index is 12.9. The number of rotatable bonds is 10. The number of halogens is 1. The van der Waals surface area contributed by atoms with E-state index in [0.29, 0.717) is 28.6 Å². The zero-order chi connectivity index (χ0) is 25.6. The number of ether oxygens (including phenoxy) is 4.